The summed E-state index contributed by atoms with van der Waals surface area (Å²) in [4.78, 5) is 6.69. The number of aliphatic hydroxyl groups is 1. The first-order chi connectivity index (χ1) is 9.22. The lowest BCUT2D eigenvalue weighted by Crippen LogP contribution is -2.36. The molecule has 2 heterocycles. The molecule has 1 aromatic heterocycles. The Kier molecular flexibility index (Phi) is 3.46. The number of anilines is 2. The highest BCUT2D eigenvalue weighted by Gasteiger charge is 2.23. The molecule has 5 nitrogen and oxygen atoms in total. The Hall–Kier alpha value is -1.49. The van der Waals surface area contributed by atoms with Crippen LogP contribution in [0.1, 0.15) is 25.7 Å². The molecule has 1 aliphatic carbocycles. The number of nitrogen functional groups attached to an aromatic ring is 1. The quantitative estimate of drug-likeness (QED) is 0.859. The van der Waals surface area contributed by atoms with Crippen molar-refractivity contribution in [3.05, 3.63) is 12.1 Å². The summed E-state index contributed by atoms with van der Waals surface area (Å²) in [5, 5.41) is 9.53. The fourth-order valence-electron chi connectivity index (χ4n) is 2.31. The van der Waals surface area contributed by atoms with Crippen LogP contribution >= 0.6 is 0 Å². The van der Waals surface area contributed by atoms with E-state index in [1.165, 1.54) is 12.8 Å². The van der Waals surface area contributed by atoms with Crippen LogP contribution in [-0.4, -0.2) is 35.9 Å². The van der Waals surface area contributed by atoms with E-state index in [1.54, 1.807) is 0 Å². The van der Waals surface area contributed by atoms with E-state index in [0.717, 1.165) is 38.4 Å². The summed E-state index contributed by atoms with van der Waals surface area (Å²) in [6.07, 6.45) is 3.93. The van der Waals surface area contributed by atoms with Crippen LogP contribution < -0.4 is 15.4 Å². The Balaban J connectivity index is 1.68. The van der Waals surface area contributed by atoms with Gasteiger partial charge in [-0.15, -0.1) is 0 Å². The van der Waals surface area contributed by atoms with E-state index in [1.807, 2.05) is 12.1 Å². The van der Waals surface area contributed by atoms with Crippen molar-refractivity contribution < 1.29 is 9.84 Å². The van der Waals surface area contributed by atoms with Gasteiger partial charge in [0.1, 0.15) is 5.82 Å². The van der Waals surface area contributed by atoms with Gasteiger partial charge < -0.3 is 20.5 Å². The van der Waals surface area contributed by atoms with Crippen LogP contribution in [-0.2, 0) is 0 Å². The SMILES string of the molecule is Nc1ccc(N2CCC(O)CC2)nc1OCC1CC1. The number of aromatic nitrogens is 1. The molecule has 1 saturated heterocycles. The van der Waals surface area contributed by atoms with Crippen LogP contribution in [0.3, 0.4) is 0 Å². The largest absolute Gasteiger partial charge is 0.476 e. The van der Waals surface area contributed by atoms with E-state index < -0.39 is 0 Å². The maximum absolute atomic E-state index is 9.53. The zero-order chi connectivity index (χ0) is 13.2. The number of nitrogens with two attached hydrogens (primary N) is 1. The minimum Gasteiger partial charge on any atom is -0.476 e. The standard InChI is InChI=1S/C14H21N3O2/c15-12-3-4-13(17-7-5-11(18)6-8-17)16-14(12)19-9-10-1-2-10/h3-4,10-11,18H,1-2,5-9,15H2. The molecule has 3 rings (SSSR count). The first-order valence-corrected chi connectivity index (χ1v) is 7.04. The molecule has 0 atom stereocenters. The minimum atomic E-state index is -0.171. The second-order valence-corrected chi connectivity index (χ2v) is 5.54. The van der Waals surface area contributed by atoms with Gasteiger partial charge in [0.25, 0.3) is 0 Å². The van der Waals surface area contributed by atoms with Gasteiger partial charge >= 0.3 is 0 Å². The average molecular weight is 263 g/mol. The molecule has 0 radical (unpaired) electrons. The van der Waals surface area contributed by atoms with Gasteiger partial charge in [-0.3, -0.25) is 0 Å². The number of aliphatic hydroxyl groups excluding tert-OH is 1. The maximum Gasteiger partial charge on any atom is 0.239 e. The van der Waals surface area contributed by atoms with Crippen molar-refractivity contribution in [3.63, 3.8) is 0 Å². The zero-order valence-corrected chi connectivity index (χ0v) is 11.1. The van der Waals surface area contributed by atoms with Crippen molar-refractivity contribution in [2.24, 2.45) is 5.92 Å². The van der Waals surface area contributed by atoms with Crippen molar-refractivity contribution >= 4 is 11.5 Å². The van der Waals surface area contributed by atoms with E-state index >= 15 is 0 Å². The maximum atomic E-state index is 9.53. The number of piperidine rings is 1. The van der Waals surface area contributed by atoms with Crippen LogP contribution in [0.25, 0.3) is 0 Å². The molecule has 2 aliphatic rings. The topological polar surface area (TPSA) is 71.6 Å². The normalized spacial score (nSPS) is 20.6. The van der Waals surface area contributed by atoms with E-state index in [0.29, 0.717) is 17.5 Å². The monoisotopic (exact) mass is 263 g/mol. The molecule has 1 saturated carbocycles. The third-order valence-corrected chi connectivity index (χ3v) is 3.82. The summed E-state index contributed by atoms with van der Waals surface area (Å²) in [5.74, 6) is 2.14. The van der Waals surface area contributed by atoms with E-state index in [-0.39, 0.29) is 6.10 Å². The van der Waals surface area contributed by atoms with E-state index in [9.17, 15) is 5.11 Å². The average Bonchev–Trinajstić information content (AvgIpc) is 3.23. The molecule has 5 heteroatoms. The van der Waals surface area contributed by atoms with Gasteiger partial charge in [-0.05, 0) is 43.7 Å². The fourth-order valence-corrected chi connectivity index (χ4v) is 2.31. The Morgan fingerprint density at radius 2 is 2.00 bits per heavy atom. The fraction of sp³-hybridized carbons (Fsp3) is 0.643. The molecule has 104 valence electrons. The summed E-state index contributed by atoms with van der Waals surface area (Å²) in [5.41, 5.74) is 6.50. The lowest BCUT2D eigenvalue weighted by Gasteiger charge is -2.30. The lowest BCUT2D eigenvalue weighted by molar-refractivity contribution is 0.145. The highest BCUT2D eigenvalue weighted by molar-refractivity contribution is 5.54. The van der Waals surface area contributed by atoms with Crippen molar-refractivity contribution in [3.8, 4) is 5.88 Å². The minimum absolute atomic E-state index is 0.171. The van der Waals surface area contributed by atoms with E-state index in [4.69, 9.17) is 10.5 Å². The predicted octanol–water partition coefficient (Wildman–Crippen LogP) is 1.41. The Bertz CT molecular complexity index is 440. The Morgan fingerprint density at radius 1 is 1.26 bits per heavy atom. The van der Waals surface area contributed by atoms with Gasteiger partial charge in [0.15, 0.2) is 0 Å². The van der Waals surface area contributed by atoms with E-state index in [2.05, 4.69) is 9.88 Å². The van der Waals surface area contributed by atoms with Crippen molar-refractivity contribution in [2.75, 3.05) is 30.3 Å². The van der Waals surface area contributed by atoms with Crippen molar-refractivity contribution in [1.29, 1.82) is 0 Å². The molecule has 2 fully saturated rings. The molecular weight excluding hydrogens is 242 g/mol. The number of hydrogen-bond donors (Lipinski definition) is 2. The molecule has 0 amide bonds. The predicted molar refractivity (Wildman–Crippen MR) is 74.3 cm³/mol. The van der Waals surface area contributed by atoms with Crippen LogP contribution in [0.5, 0.6) is 5.88 Å². The van der Waals surface area contributed by atoms with Crippen LogP contribution in [0.4, 0.5) is 11.5 Å². The summed E-state index contributed by atoms with van der Waals surface area (Å²) in [6.45, 7) is 2.39. The second kappa shape index (κ2) is 5.25. The molecule has 0 spiro atoms. The molecular formula is C14H21N3O2. The van der Waals surface area contributed by atoms with Gasteiger partial charge in [0.05, 0.1) is 18.4 Å². The molecule has 0 aromatic carbocycles. The van der Waals surface area contributed by atoms with Gasteiger partial charge in [0, 0.05) is 13.1 Å². The second-order valence-electron chi connectivity index (χ2n) is 5.54. The number of ether oxygens (including phenoxy) is 1. The summed E-state index contributed by atoms with van der Waals surface area (Å²) < 4.78 is 5.70. The molecule has 1 aromatic rings. The van der Waals surface area contributed by atoms with Gasteiger partial charge in [-0.1, -0.05) is 0 Å². The van der Waals surface area contributed by atoms with Crippen molar-refractivity contribution in [1.82, 2.24) is 4.98 Å². The van der Waals surface area contributed by atoms with Gasteiger partial charge in [-0.25, -0.2) is 0 Å². The van der Waals surface area contributed by atoms with Crippen LogP contribution in [0, 0.1) is 5.92 Å². The Labute approximate surface area is 113 Å². The van der Waals surface area contributed by atoms with Gasteiger partial charge in [-0.2, -0.15) is 4.98 Å². The molecule has 19 heavy (non-hydrogen) atoms. The first kappa shape index (κ1) is 12.5. The molecule has 0 unspecified atom stereocenters. The molecule has 1 aliphatic heterocycles. The van der Waals surface area contributed by atoms with Crippen molar-refractivity contribution in [2.45, 2.75) is 31.8 Å². The Morgan fingerprint density at radius 3 is 2.68 bits per heavy atom. The van der Waals surface area contributed by atoms with Crippen LogP contribution in [0.15, 0.2) is 12.1 Å². The van der Waals surface area contributed by atoms with Gasteiger partial charge in [0.2, 0.25) is 5.88 Å². The highest BCUT2D eigenvalue weighted by Crippen LogP contribution is 2.31. The number of rotatable bonds is 4. The number of hydrogen-bond acceptors (Lipinski definition) is 5. The third-order valence-electron chi connectivity index (χ3n) is 3.82. The smallest absolute Gasteiger partial charge is 0.239 e. The number of pyridine rings is 1. The lowest BCUT2D eigenvalue weighted by atomic mass is 10.1. The molecule has 3 N–H and O–H groups in total. The summed E-state index contributed by atoms with van der Waals surface area (Å²) in [6, 6.07) is 3.78. The summed E-state index contributed by atoms with van der Waals surface area (Å²) >= 11 is 0. The first-order valence-electron chi connectivity index (χ1n) is 7.04. The highest BCUT2D eigenvalue weighted by atomic mass is 16.5. The summed E-state index contributed by atoms with van der Waals surface area (Å²) in [7, 11) is 0. The van der Waals surface area contributed by atoms with Crippen LogP contribution in [0.2, 0.25) is 0 Å². The third kappa shape index (κ3) is 3.10. The zero-order valence-electron chi connectivity index (χ0n) is 11.1. The number of nitrogens with zero attached hydrogens (tertiary/aromatic N) is 2. The molecule has 0 bridgehead atoms.